The molecule has 0 aromatic heterocycles. The van der Waals surface area contributed by atoms with Gasteiger partial charge in [-0.25, -0.2) is 0 Å². The highest BCUT2D eigenvalue weighted by Crippen LogP contribution is 2.37. The Balaban J connectivity index is 1.73. The minimum Gasteiger partial charge on any atom is -0.493 e. The number of thiocarbonyl (C=S) groups is 1. The van der Waals surface area contributed by atoms with Crippen molar-refractivity contribution < 1.29 is 23.7 Å². The highest BCUT2D eigenvalue weighted by Gasteiger charge is 2.29. The largest absolute Gasteiger partial charge is 0.493 e. The van der Waals surface area contributed by atoms with E-state index in [0.717, 1.165) is 11.1 Å². The second-order valence-electron chi connectivity index (χ2n) is 6.47. The molecule has 1 saturated heterocycles. The first-order valence-corrected chi connectivity index (χ1v) is 10.5. The minimum atomic E-state index is -0.131. The molecule has 8 heteroatoms. The number of nitrogens with zero attached hydrogens (tertiary/aromatic N) is 1. The molecule has 2 aromatic carbocycles. The maximum absolute atomic E-state index is 12.3. The van der Waals surface area contributed by atoms with Gasteiger partial charge in [-0.3, -0.25) is 9.69 Å². The number of aryl methyl sites for hydroxylation is 1. The van der Waals surface area contributed by atoms with Gasteiger partial charge in [0.25, 0.3) is 5.91 Å². The standard InChI is InChI=1S/C22H23NO5S2/c1-14-8-9-16(18(12-14)26-4)27-10-11-28-20-15(6-5-7-17(20)25-3)13-19-21(24)23(2)22(29)30-19/h5-9,12-13H,10-11H2,1-4H3/b19-13-. The molecule has 1 aliphatic rings. The van der Waals surface area contributed by atoms with Crippen molar-refractivity contribution in [2.24, 2.45) is 0 Å². The summed E-state index contributed by atoms with van der Waals surface area (Å²) in [6, 6.07) is 11.3. The Morgan fingerprint density at radius 3 is 2.43 bits per heavy atom. The van der Waals surface area contributed by atoms with Crippen LogP contribution in [-0.2, 0) is 4.79 Å². The summed E-state index contributed by atoms with van der Waals surface area (Å²) in [6.07, 6.45) is 1.77. The smallest absolute Gasteiger partial charge is 0.265 e. The van der Waals surface area contributed by atoms with Gasteiger partial charge in [0, 0.05) is 12.6 Å². The van der Waals surface area contributed by atoms with Crippen LogP contribution in [-0.4, -0.2) is 49.6 Å². The molecule has 0 radical (unpaired) electrons. The van der Waals surface area contributed by atoms with E-state index in [0.29, 0.717) is 38.8 Å². The average molecular weight is 446 g/mol. The maximum Gasteiger partial charge on any atom is 0.265 e. The second-order valence-corrected chi connectivity index (χ2v) is 8.15. The number of likely N-dealkylation sites (N-methyl/N-ethyl adjacent to an activating group) is 1. The number of methoxy groups -OCH3 is 2. The predicted octanol–water partition coefficient (Wildman–Crippen LogP) is 4.30. The highest BCUT2D eigenvalue weighted by molar-refractivity contribution is 8.26. The van der Waals surface area contributed by atoms with Gasteiger partial charge in [-0.2, -0.15) is 0 Å². The van der Waals surface area contributed by atoms with Crippen LogP contribution in [0.5, 0.6) is 23.0 Å². The molecule has 1 aliphatic heterocycles. The van der Waals surface area contributed by atoms with E-state index in [1.165, 1.54) is 16.7 Å². The van der Waals surface area contributed by atoms with Crippen LogP contribution < -0.4 is 18.9 Å². The third-order valence-electron chi connectivity index (χ3n) is 4.41. The second kappa shape index (κ2) is 9.86. The molecule has 1 fully saturated rings. The number of carbonyl (C=O) groups excluding carboxylic acids is 1. The van der Waals surface area contributed by atoms with E-state index in [-0.39, 0.29) is 12.5 Å². The van der Waals surface area contributed by atoms with Crippen LogP contribution in [0.4, 0.5) is 0 Å². The molecule has 0 bridgehead atoms. The zero-order valence-corrected chi connectivity index (χ0v) is 18.9. The van der Waals surface area contributed by atoms with E-state index in [1.807, 2.05) is 43.3 Å². The average Bonchev–Trinajstić information content (AvgIpc) is 2.99. The summed E-state index contributed by atoms with van der Waals surface area (Å²) in [4.78, 5) is 14.3. The van der Waals surface area contributed by atoms with Gasteiger partial charge in [0.1, 0.15) is 17.5 Å². The van der Waals surface area contributed by atoms with Crippen molar-refractivity contribution in [1.82, 2.24) is 4.90 Å². The number of amides is 1. The first kappa shape index (κ1) is 22.0. The normalized spacial score (nSPS) is 14.9. The Morgan fingerprint density at radius 1 is 1.03 bits per heavy atom. The van der Waals surface area contributed by atoms with Gasteiger partial charge in [-0.05, 0) is 36.8 Å². The Hall–Kier alpha value is -2.71. The van der Waals surface area contributed by atoms with Crippen molar-refractivity contribution >= 4 is 40.3 Å². The molecule has 158 valence electrons. The summed E-state index contributed by atoms with van der Waals surface area (Å²) >= 11 is 6.46. The molecule has 0 spiro atoms. The number of hydrogen-bond donors (Lipinski definition) is 0. The molecule has 0 unspecified atom stereocenters. The summed E-state index contributed by atoms with van der Waals surface area (Å²) < 4.78 is 23.1. The summed E-state index contributed by atoms with van der Waals surface area (Å²) in [7, 11) is 4.85. The Morgan fingerprint density at radius 2 is 1.77 bits per heavy atom. The summed E-state index contributed by atoms with van der Waals surface area (Å²) in [6.45, 7) is 2.59. The molecule has 2 aromatic rings. The van der Waals surface area contributed by atoms with Gasteiger partial charge in [-0.1, -0.05) is 42.2 Å². The number of ether oxygens (including phenoxy) is 4. The Bertz CT molecular complexity index is 989. The molecule has 1 heterocycles. The van der Waals surface area contributed by atoms with Crippen molar-refractivity contribution in [1.29, 1.82) is 0 Å². The first-order valence-electron chi connectivity index (χ1n) is 9.23. The third-order valence-corrected chi connectivity index (χ3v) is 5.89. The van der Waals surface area contributed by atoms with Crippen LogP contribution >= 0.6 is 24.0 Å². The van der Waals surface area contributed by atoms with Gasteiger partial charge in [0.2, 0.25) is 0 Å². The molecule has 0 atom stereocenters. The van der Waals surface area contributed by atoms with Crippen LogP contribution in [0, 0.1) is 6.92 Å². The monoisotopic (exact) mass is 445 g/mol. The van der Waals surface area contributed by atoms with Crippen LogP contribution in [0.25, 0.3) is 6.08 Å². The minimum absolute atomic E-state index is 0.131. The molecule has 0 aliphatic carbocycles. The Labute approximate surface area is 185 Å². The lowest BCUT2D eigenvalue weighted by Crippen LogP contribution is -2.22. The van der Waals surface area contributed by atoms with Crippen molar-refractivity contribution in [3.63, 3.8) is 0 Å². The lowest BCUT2D eigenvalue weighted by molar-refractivity contribution is -0.121. The topological polar surface area (TPSA) is 57.2 Å². The molecule has 30 heavy (non-hydrogen) atoms. The summed E-state index contributed by atoms with van der Waals surface area (Å²) in [5.74, 6) is 2.31. The summed E-state index contributed by atoms with van der Waals surface area (Å²) in [5.41, 5.74) is 1.82. The zero-order valence-electron chi connectivity index (χ0n) is 17.3. The van der Waals surface area contributed by atoms with E-state index in [4.69, 9.17) is 31.2 Å². The number of benzene rings is 2. The molecule has 1 amide bonds. The van der Waals surface area contributed by atoms with Crippen LogP contribution in [0.15, 0.2) is 41.3 Å². The van der Waals surface area contributed by atoms with E-state index in [1.54, 1.807) is 27.3 Å². The van der Waals surface area contributed by atoms with E-state index < -0.39 is 0 Å². The number of para-hydroxylation sites is 1. The molecule has 0 N–H and O–H groups in total. The highest BCUT2D eigenvalue weighted by atomic mass is 32.2. The van der Waals surface area contributed by atoms with Gasteiger partial charge in [0.15, 0.2) is 23.0 Å². The zero-order chi connectivity index (χ0) is 21.7. The van der Waals surface area contributed by atoms with E-state index >= 15 is 0 Å². The van der Waals surface area contributed by atoms with Gasteiger partial charge >= 0.3 is 0 Å². The fourth-order valence-electron chi connectivity index (χ4n) is 2.84. The lowest BCUT2D eigenvalue weighted by atomic mass is 10.1. The number of hydrogen-bond acceptors (Lipinski definition) is 7. The van der Waals surface area contributed by atoms with Crippen LogP contribution in [0.3, 0.4) is 0 Å². The fourth-order valence-corrected chi connectivity index (χ4v) is 4.01. The van der Waals surface area contributed by atoms with Crippen molar-refractivity contribution in [3.8, 4) is 23.0 Å². The van der Waals surface area contributed by atoms with Crippen LogP contribution in [0.1, 0.15) is 11.1 Å². The maximum atomic E-state index is 12.3. The third kappa shape index (κ3) is 4.88. The number of carbonyl (C=O) groups is 1. The lowest BCUT2D eigenvalue weighted by Gasteiger charge is -2.15. The van der Waals surface area contributed by atoms with Crippen LogP contribution in [0.2, 0.25) is 0 Å². The van der Waals surface area contributed by atoms with Gasteiger partial charge in [0.05, 0.1) is 19.1 Å². The molecule has 3 rings (SSSR count). The quantitative estimate of drug-likeness (QED) is 0.341. The molecular weight excluding hydrogens is 422 g/mol. The molecule has 6 nitrogen and oxygen atoms in total. The summed E-state index contributed by atoms with van der Waals surface area (Å²) in [5, 5.41) is 0. The Kier molecular flexibility index (Phi) is 7.23. The molecular formula is C22H23NO5S2. The van der Waals surface area contributed by atoms with Crippen molar-refractivity contribution in [2.45, 2.75) is 6.92 Å². The number of thioether (sulfide) groups is 1. The SMILES string of the molecule is COc1cc(C)ccc1OCCOc1c(/C=C2\SC(=S)N(C)C2=O)cccc1OC. The predicted molar refractivity (Wildman–Crippen MR) is 123 cm³/mol. The first-order chi connectivity index (χ1) is 14.4. The van der Waals surface area contributed by atoms with Crippen molar-refractivity contribution in [2.75, 3.05) is 34.5 Å². The van der Waals surface area contributed by atoms with Gasteiger partial charge < -0.3 is 18.9 Å². The fraction of sp³-hybridized carbons (Fsp3) is 0.273. The van der Waals surface area contributed by atoms with Crippen molar-refractivity contribution in [3.05, 3.63) is 52.4 Å². The van der Waals surface area contributed by atoms with Gasteiger partial charge in [-0.15, -0.1) is 0 Å². The molecule has 0 saturated carbocycles. The van der Waals surface area contributed by atoms with E-state index in [9.17, 15) is 4.79 Å². The number of rotatable bonds is 8. The van der Waals surface area contributed by atoms with E-state index in [2.05, 4.69) is 0 Å².